The molecule has 7 heteroatoms. The molecule has 2 N–H and O–H groups in total. The standard InChI is InChI=1S/C17H13BrN2O4/c18-11-4-2-5-12(8-11)19-14-9-15(21)20(16(14)22)13-6-1-3-10(7-13)17(23)24/h1-8,14,19H,9H2,(H,23,24). The van der Waals surface area contributed by atoms with Gasteiger partial charge in [-0.25, -0.2) is 9.69 Å². The number of imide groups is 1. The first-order valence-corrected chi connectivity index (χ1v) is 7.97. The van der Waals surface area contributed by atoms with E-state index in [0.29, 0.717) is 0 Å². The molecule has 0 aliphatic carbocycles. The summed E-state index contributed by atoms with van der Waals surface area (Å²) in [4.78, 5) is 36.9. The zero-order valence-corrected chi connectivity index (χ0v) is 14.0. The van der Waals surface area contributed by atoms with E-state index in [4.69, 9.17) is 5.11 Å². The molecule has 0 saturated carbocycles. The normalized spacial score (nSPS) is 17.2. The molecule has 1 heterocycles. The van der Waals surface area contributed by atoms with Crippen LogP contribution in [0.25, 0.3) is 0 Å². The van der Waals surface area contributed by atoms with Crippen LogP contribution in [0.15, 0.2) is 53.0 Å². The second-order valence-electron chi connectivity index (χ2n) is 5.33. The molecule has 24 heavy (non-hydrogen) atoms. The molecule has 6 nitrogen and oxygen atoms in total. The summed E-state index contributed by atoms with van der Waals surface area (Å²) in [7, 11) is 0. The van der Waals surface area contributed by atoms with E-state index in [0.717, 1.165) is 15.1 Å². The van der Waals surface area contributed by atoms with Crippen LogP contribution in [0.1, 0.15) is 16.8 Å². The molecule has 1 atom stereocenters. The summed E-state index contributed by atoms with van der Waals surface area (Å²) in [5.41, 5.74) is 1.01. The number of aromatic carboxylic acids is 1. The summed E-state index contributed by atoms with van der Waals surface area (Å²) in [6.45, 7) is 0. The second-order valence-corrected chi connectivity index (χ2v) is 6.25. The summed E-state index contributed by atoms with van der Waals surface area (Å²) in [5, 5.41) is 12.1. The molecule has 0 bridgehead atoms. The van der Waals surface area contributed by atoms with Crippen LogP contribution in [-0.2, 0) is 9.59 Å². The van der Waals surface area contributed by atoms with Crippen molar-refractivity contribution in [2.45, 2.75) is 12.5 Å². The highest BCUT2D eigenvalue weighted by atomic mass is 79.9. The van der Waals surface area contributed by atoms with Gasteiger partial charge >= 0.3 is 5.97 Å². The van der Waals surface area contributed by atoms with E-state index in [2.05, 4.69) is 21.2 Å². The third-order valence-electron chi connectivity index (χ3n) is 3.66. The largest absolute Gasteiger partial charge is 0.478 e. The van der Waals surface area contributed by atoms with E-state index in [1.807, 2.05) is 18.2 Å². The number of anilines is 2. The van der Waals surface area contributed by atoms with Crippen molar-refractivity contribution in [1.29, 1.82) is 0 Å². The van der Waals surface area contributed by atoms with E-state index in [1.54, 1.807) is 12.1 Å². The van der Waals surface area contributed by atoms with Gasteiger partial charge in [-0.1, -0.05) is 28.1 Å². The minimum atomic E-state index is -1.11. The summed E-state index contributed by atoms with van der Waals surface area (Å²) in [6, 6.07) is 12.4. The topological polar surface area (TPSA) is 86.7 Å². The van der Waals surface area contributed by atoms with Gasteiger partial charge in [0.05, 0.1) is 17.7 Å². The van der Waals surface area contributed by atoms with Gasteiger partial charge in [-0.15, -0.1) is 0 Å². The monoisotopic (exact) mass is 388 g/mol. The van der Waals surface area contributed by atoms with Crippen molar-refractivity contribution in [3.05, 3.63) is 58.6 Å². The van der Waals surface area contributed by atoms with E-state index >= 15 is 0 Å². The molecule has 1 fully saturated rings. The van der Waals surface area contributed by atoms with E-state index in [1.165, 1.54) is 18.2 Å². The number of rotatable bonds is 4. The highest BCUT2D eigenvalue weighted by molar-refractivity contribution is 9.10. The van der Waals surface area contributed by atoms with E-state index < -0.39 is 17.9 Å². The van der Waals surface area contributed by atoms with Crippen molar-refractivity contribution in [2.75, 3.05) is 10.2 Å². The zero-order valence-electron chi connectivity index (χ0n) is 12.4. The Morgan fingerprint density at radius 2 is 1.92 bits per heavy atom. The van der Waals surface area contributed by atoms with Crippen LogP contribution in [0.3, 0.4) is 0 Å². The van der Waals surface area contributed by atoms with E-state index in [-0.39, 0.29) is 23.6 Å². The number of nitrogens with zero attached hydrogens (tertiary/aromatic N) is 1. The number of amides is 2. The van der Waals surface area contributed by atoms with E-state index in [9.17, 15) is 14.4 Å². The zero-order chi connectivity index (χ0) is 17.3. The van der Waals surface area contributed by atoms with Crippen LogP contribution < -0.4 is 10.2 Å². The van der Waals surface area contributed by atoms with Crippen LogP contribution in [0.5, 0.6) is 0 Å². The fourth-order valence-corrected chi connectivity index (χ4v) is 2.97. The number of hydrogen-bond donors (Lipinski definition) is 2. The van der Waals surface area contributed by atoms with Gasteiger partial charge in [-0.05, 0) is 36.4 Å². The summed E-state index contributed by atoms with van der Waals surface area (Å²) in [5.74, 6) is -1.88. The minimum absolute atomic E-state index is 0.0165. The molecular weight excluding hydrogens is 376 g/mol. The number of benzene rings is 2. The molecule has 3 rings (SSSR count). The Hall–Kier alpha value is -2.67. The minimum Gasteiger partial charge on any atom is -0.478 e. The third kappa shape index (κ3) is 3.16. The molecule has 2 aromatic rings. The Bertz CT molecular complexity index is 837. The lowest BCUT2D eigenvalue weighted by Gasteiger charge is -2.16. The van der Waals surface area contributed by atoms with Crippen molar-refractivity contribution in [2.24, 2.45) is 0 Å². The summed E-state index contributed by atoms with van der Waals surface area (Å²) >= 11 is 3.35. The molecule has 2 amide bonds. The quantitative estimate of drug-likeness (QED) is 0.786. The number of hydrogen-bond acceptors (Lipinski definition) is 4. The number of carbonyl (C=O) groups is 3. The molecule has 1 aliphatic heterocycles. The van der Waals surface area contributed by atoms with Gasteiger partial charge in [0, 0.05) is 10.2 Å². The first kappa shape index (κ1) is 16.2. The molecule has 1 saturated heterocycles. The number of carboxylic acids is 1. The van der Waals surface area contributed by atoms with Gasteiger partial charge in [0.15, 0.2) is 0 Å². The van der Waals surface area contributed by atoms with Gasteiger partial charge < -0.3 is 10.4 Å². The predicted molar refractivity (Wildman–Crippen MR) is 92.1 cm³/mol. The maximum atomic E-state index is 12.6. The smallest absolute Gasteiger partial charge is 0.335 e. The van der Waals surface area contributed by atoms with Crippen LogP contribution in [0.4, 0.5) is 11.4 Å². The maximum absolute atomic E-state index is 12.6. The molecule has 2 aromatic carbocycles. The molecule has 0 spiro atoms. The van der Waals surface area contributed by atoms with Gasteiger partial charge in [0.25, 0.3) is 5.91 Å². The average Bonchev–Trinajstić information content (AvgIpc) is 2.81. The highest BCUT2D eigenvalue weighted by Gasteiger charge is 2.39. The number of nitrogens with one attached hydrogen (secondary N) is 1. The van der Waals surface area contributed by atoms with Crippen molar-refractivity contribution < 1.29 is 19.5 Å². The fourth-order valence-electron chi connectivity index (χ4n) is 2.57. The lowest BCUT2D eigenvalue weighted by atomic mass is 10.2. The van der Waals surface area contributed by atoms with Crippen molar-refractivity contribution >= 4 is 45.1 Å². The maximum Gasteiger partial charge on any atom is 0.335 e. The van der Waals surface area contributed by atoms with Crippen LogP contribution in [0.2, 0.25) is 0 Å². The number of carbonyl (C=O) groups excluding carboxylic acids is 2. The molecule has 1 aliphatic rings. The number of carboxylic acid groups (broad SMARTS) is 1. The second kappa shape index (κ2) is 6.45. The predicted octanol–water partition coefficient (Wildman–Crippen LogP) is 2.89. The first-order chi connectivity index (χ1) is 11.5. The summed E-state index contributed by atoms with van der Waals surface area (Å²) < 4.78 is 0.857. The third-order valence-corrected chi connectivity index (χ3v) is 4.16. The molecule has 122 valence electrons. The van der Waals surface area contributed by atoms with Crippen molar-refractivity contribution in [1.82, 2.24) is 0 Å². The fraction of sp³-hybridized carbons (Fsp3) is 0.118. The van der Waals surface area contributed by atoms with Gasteiger partial charge in [0.2, 0.25) is 5.91 Å². The highest BCUT2D eigenvalue weighted by Crippen LogP contribution is 2.26. The molecular formula is C17H13BrN2O4. The SMILES string of the molecule is O=C(O)c1cccc(N2C(=O)CC(Nc3cccc(Br)c3)C2=O)c1. The van der Waals surface area contributed by atoms with Gasteiger partial charge in [-0.2, -0.15) is 0 Å². The lowest BCUT2D eigenvalue weighted by molar-refractivity contribution is -0.121. The lowest BCUT2D eigenvalue weighted by Crippen LogP contribution is -2.34. The number of halogens is 1. The Morgan fingerprint density at radius 1 is 1.17 bits per heavy atom. The van der Waals surface area contributed by atoms with Crippen LogP contribution >= 0.6 is 15.9 Å². The Morgan fingerprint density at radius 3 is 2.62 bits per heavy atom. The average molecular weight is 389 g/mol. The molecule has 1 unspecified atom stereocenters. The van der Waals surface area contributed by atoms with Gasteiger partial charge in [-0.3, -0.25) is 9.59 Å². The first-order valence-electron chi connectivity index (χ1n) is 7.18. The Kier molecular flexibility index (Phi) is 4.35. The van der Waals surface area contributed by atoms with Crippen molar-refractivity contribution in [3.63, 3.8) is 0 Å². The molecule has 0 radical (unpaired) electrons. The van der Waals surface area contributed by atoms with Gasteiger partial charge in [0.1, 0.15) is 6.04 Å². The van der Waals surface area contributed by atoms with Crippen molar-refractivity contribution in [3.8, 4) is 0 Å². The Labute approximate surface area is 146 Å². The molecule has 0 aromatic heterocycles. The van der Waals surface area contributed by atoms with Crippen LogP contribution in [-0.4, -0.2) is 28.9 Å². The van der Waals surface area contributed by atoms with Crippen LogP contribution in [0, 0.1) is 0 Å². The summed E-state index contributed by atoms with van der Waals surface area (Å²) in [6.07, 6.45) is 0.0165. The Balaban J connectivity index is 1.84.